The van der Waals surface area contributed by atoms with Crippen LogP contribution in [0.2, 0.25) is 0 Å². The molecule has 0 spiro atoms. The lowest BCUT2D eigenvalue weighted by atomic mass is 10.2. The Labute approximate surface area is 156 Å². The van der Waals surface area contributed by atoms with Gasteiger partial charge in [-0.05, 0) is 42.8 Å². The Morgan fingerprint density at radius 2 is 1.96 bits per heavy atom. The van der Waals surface area contributed by atoms with Crippen molar-refractivity contribution in [1.82, 2.24) is 14.4 Å². The number of aromatic nitrogens is 3. The summed E-state index contributed by atoms with van der Waals surface area (Å²) in [5.41, 5.74) is 3.53. The Hall–Kier alpha value is -3.67. The van der Waals surface area contributed by atoms with E-state index in [-0.39, 0.29) is 5.91 Å². The molecule has 1 aromatic carbocycles. The second-order valence-electron chi connectivity index (χ2n) is 6.11. The monoisotopic (exact) mass is 358 g/mol. The first kappa shape index (κ1) is 16.8. The molecule has 6 heteroatoms. The summed E-state index contributed by atoms with van der Waals surface area (Å²) in [5, 5.41) is 2.88. The molecule has 0 saturated carbocycles. The first-order valence-corrected chi connectivity index (χ1v) is 8.58. The molecule has 1 N–H and O–H groups in total. The van der Waals surface area contributed by atoms with Gasteiger partial charge in [-0.15, -0.1) is 0 Å². The molecular weight excluding hydrogens is 340 g/mol. The van der Waals surface area contributed by atoms with Gasteiger partial charge in [-0.2, -0.15) is 0 Å². The van der Waals surface area contributed by atoms with Gasteiger partial charge in [0.25, 0.3) is 5.91 Å². The average Bonchev–Trinajstić information content (AvgIpc) is 3.14. The number of carbonyl (C=O) groups excluding carboxylic acids is 1. The lowest BCUT2D eigenvalue weighted by Crippen LogP contribution is -2.13. The van der Waals surface area contributed by atoms with Crippen LogP contribution in [0, 0.1) is 6.92 Å². The van der Waals surface area contributed by atoms with E-state index in [1.165, 1.54) is 0 Å². The molecule has 0 unspecified atom stereocenters. The number of aryl methyl sites for hydroxylation is 1. The van der Waals surface area contributed by atoms with E-state index in [2.05, 4.69) is 15.3 Å². The van der Waals surface area contributed by atoms with Crippen LogP contribution in [0.15, 0.2) is 73.2 Å². The summed E-state index contributed by atoms with van der Waals surface area (Å²) >= 11 is 0. The van der Waals surface area contributed by atoms with Crippen LogP contribution in [0.4, 0.5) is 5.69 Å². The first-order chi connectivity index (χ1) is 13.2. The van der Waals surface area contributed by atoms with Crippen molar-refractivity contribution >= 4 is 17.2 Å². The maximum Gasteiger partial charge on any atom is 0.275 e. The number of nitrogens with one attached hydrogen (secondary N) is 1. The van der Waals surface area contributed by atoms with Gasteiger partial charge in [0.05, 0.1) is 11.4 Å². The fraction of sp³-hybridized carbons (Fsp3) is 0.0952. The van der Waals surface area contributed by atoms with Gasteiger partial charge in [-0.25, -0.2) is 4.98 Å². The zero-order valence-corrected chi connectivity index (χ0v) is 14.8. The molecule has 0 bridgehead atoms. The molecule has 0 aliphatic rings. The van der Waals surface area contributed by atoms with Crippen LogP contribution in [0.3, 0.4) is 0 Å². The van der Waals surface area contributed by atoms with Crippen LogP contribution < -0.4 is 10.1 Å². The zero-order valence-electron chi connectivity index (χ0n) is 14.8. The van der Waals surface area contributed by atoms with Crippen molar-refractivity contribution in [3.63, 3.8) is 0 Å². The molecule has 0 aliphatic heterocycles. The number of ether oxygens (including phenoxy) is 1. The van der Waals surface area contributed by atoms with E-state index in [0.717, 1.165) is 16.9 Å². The van der Waals surface area contributed by atoms with Crippen LogP contribution in [-0.4, -0.2) is 20.3 Å². The topological polar surface area (TPSA) is 68.5 Å². The van der Waals surface area contributed by atoms with Gasteiger partial charge in [0.1, 0.15) is 23.7 Å². The third-order valence-corrected chi connectivity index (χ3v) is 4.15. The number of imidazole rings is 1. The lowest BCUT2D eigenvalue weighted by molar-refractivity contribution is 0.102. The molecule has 0 fully saturated rings. The quantitative estimate of drug-likeness (QED) is 0.588. The third-order valence-electron chi connectivity index (χ3n) is 4.15. The molecule has 3 aromatic heterocycles. The Kier molecular flexibility index (Phi) is 4.53. The van der Waals surface area contributed by atoms with Gasteiger partial charge in [-0.1, -0.05) is 24.3 Å². The Bertz CT molecular complexity index is 1090. The van der Waals surface area contributed by atoms with E-state index >= 15 is 0 Å². The number of hydrogen-bond donors (Lipinski definition) is 1. The highest BCUT2D eigenvalue weighted by molar-refractivity contribution is 6.04. The molecule has 6 nitrogen and oxygen atoms in total. The highest BCUT2D eigenvalue weighted by Gasteiger charge is 2.14. The second kappa shape index (κ2) is 7.29. The fourth-order valence-electron chi connectivity index (χ4n) is 2.78. The summed E-state index contributed by atoms with van der Waals surface area (Å²) in [7, 11) is 0. The minimum Gasteiger partial charge on any atom is -0.485 e. The Morgan fingerprint density at radius 3 is 2.78 bits per heavy atom. The zero-order chi connectivity index (χ0) is 18.6. The van der Waals surface area contributed by atoms with E-state index in [4.69, 9.17) is 4.74 Å². The summed E-state index contributed by atoms with van der Waals surface area (Å²) in [4.78, 5) is 21.3. The number of anilines is 1. The summed E-state index contributed by atoms with van der Waals surface area (Å²) in [6.07, 6.45) is 5.31. The standard InChI is InChI=1S/C21H18N4O2/c1-15-7-6-12-25-13-18(23-20(15)25)21(26)24-17-9-2-3-10-19(17)27-14-16-8-4-5-11-22-16/h2-13H,14H2,1H3,(H,24,26). The van der Waals surface area contributed by atoms with Crippen molar-refractivity contribution in [3.05, 3.63) is 90.1 Å². The van der Waals surface area contributed by atoms with Gasteiger partial charge < -0.3 is 14.5 Å². The molecule has 3 heterocycles. The average molecular weight is 358 g/mol. The highest BCUT2D eigenvalue weighted by atomic mass is 16.5. The van der Waals surface area contributed by atoms with Crippen LogP contribution in [-0.2, 0) is 6.61 Å². The SMILES string of the molecule is Cc1cccn2cc(C(=O)Nc3ccccc3OCc3ccccn3)nc12. The third kappa shape index (κ3) is 3.64. The molecule has 0 atom stereocenters. The minimum atomic E-state index is -0.285. The maximum atomic E-state index is 12.7. The number of nitrogens with zero attached hydrogens (tertiary/aromatic N) is 3. The van der Waals surface area contributed by atoms with Gasteiger partial charge in [0.2, 0.25) is 0 Å². The van der Waals surface area contributed by atoms with Crippen LogP contribution in [0.25, 0.3) is 5.65 Å². The number of fused-ring (bicyclic) bond motifs is 1. The molecule has 1 amide bonds. The van der Waals surface area contributed by atoms with Gasteiger partial charge in [0.15, 0.2) is 0 Å². The van der Waals surface area contributed by atoms with Gasteiger partial charge in [-0.3, -0.25) is 9.78 Å². The molecule has 27 heavy (non-hydrogen) atoms. The van der Waals surface area contributed by atoms with E-state index in [1.54, 1.807) is 18.5 Å². The van der Waals surface area contributed by atoms with Crippen molar-refractivity contribution in [2.45, 2.75) is 13.5 Å². The number of amides is 1. The normalized spacial score (nSPS) is 10.7. The number of pyridine rings is 2. The number of benzene rings is 1. The Morgan fingerprint density at radius 1 is 1.11 bits per heavy atom. The summed E-state index contributed by atoms with van der Waals surface area (Å²) in [6.45, 7) is 2.28. The van der Waals surface area contributed by atoms with Crippen molar-refractivity contribution in [1.29, 1.82) is 0 Å². The maximum absolute atomic E-state index is 12.7. The van der Waals surface area contributed by atoms with E-state index in [1.807, 2.05) is 66.1 Å². The van der Waals surface area contributed by atoms with Crippen molar-refractivity contribution in [2.24, 2.45) is 0 Å². The van der Waals surface area contributed by atoms with Crippen molar-refractivity contribution in [3.8, 4) is 5.75 Å². The van der Waals surface area contributed by atoms with Gasteiger partial charge in [0, 0.05) is 18.6 Å². The highest BCUT2D eigenvalue weighted by Crippen LogP contribution is 2.25. The molecule has 4 rings (SSSR count). The summed E-state index contributed by atoms with van der Waals surface area (Å²) < 4.78 is 7.68. The number of rotatable bonds is 5. The summed E-state index contributed by atoms with van der Waals surface area (Å²) in [6, 6.07) is 16.9. The second-order valence-corrected chi connectivity index (χ2v) is 6.11. The molecule has 0 aliphatic carbocycles. The van der Waals surface area contributed by atoms with Crippen LogP contribution in [0.1, 0.15) is 21.7 Å². The van der Waals surface area contributed by atoms with Crippen molar-refractivity contribution in [2.75, 3.05) is 5.32 Å². The van der Waals surface area contributed by atoms with E-state index < -0.39 is 0 Å². The lowest BCUT2D eigenvalue weighted by Gasteiger charge is -2.11. The molecule has 134 valence electrons. The van der Waals surface area contributed by atoms with Crippen LogP contribution in [0.5, 0.6) is 5.75 Å². The van der Waals surface area contributed by atoms with Crippen LogP contribution >= 0.6 is 0 Å². The largest absolute Gasteiger partial charge is 0.485 e. The molecule has 4 aromatic rings. The number of carbonyl (C=O) groups is 1. The summed E-state index contributed by atoms with van der Waals surface area (Å²) in [5.74, 6) is 0.295. The minimum absolute atomic E-state index is 0.285. The predicted octanol–water partition coefficient (Wildman–Crippen LogP) is 3.87. The van der Waals surface area contributed by atoms with Crippen molar-refractivity contribution < 1.29 is 9.53 Å². The molecular formula is C21H18N4O2. The fourth-order valence-corrected chi connectivity index (χ4v) is 2.78. The smallest absolute Gasteiger partial charge is 0.275 e. The number of para-hydroxylation sites is 2. The Balaban J connectivity index is 1.53. The van der Waals surface area contributed by atoms with Gasteiger partial charge >= 0.3 is 0 Å². The molecule has 0 saturated heterocycles. The predicted molar refractivity (Wildman–Crippen MR) is 103 cm³/mol. The molecule has 0 radical (unpaired) electrons. The number of hydrogen-bond acceptors (Lipinski definition) is 4. The van der Waals surface area contributed by atoms with E-state index in [0.29, 0.717) is 23.7 Å². The first-order valence-electron chi connectivity index (χ1n) is 8.58. The van der Waals surface area contributed by atoms with E-state index in [9.17, 15) is 4.79 Å².